The van der Waals surface area contributed by atoms with Crippen LogP contribution < -0.4 is 5.73 Å². The topological polar surface area (TPSA) is 82.0 Å². The average molecular weight is 506 g/mol. The van der Waals surface area contributed by atoms with Gasteiger partial charge in [0.15, 0.2) is 5.65 Å². The Morgan fingerprint density at radius 3 is 2.43 bits per heavy atom. The van der Waals surface area contributed by atoms with Crippen molar-refractivity contribution in [2.24, 2.45) is 0 Å². The second kappa shape index (κ2) is 6.38. The number of anilines is 1. The summed E-state index contributed by atoms with van der Waals surface area (Å²) in [4.78, 5) is 4.51. The molecular weight excluding hydrogens is 494 g/mol. The highest BCUT2D eigenvalue weighted by Crippen LogP contribution is 2.39. The molecule has 0 spiro atoms. The summed E-state index contributed by atoms with van der Waals surface area (Å²) < 4.78 is 3.73. The Hall–Kier alpha value is -1.04. The normalized spacial score (nSPS) is 13.8. The van der Waals surface area contributed by atoms with E-state index in [0.717, 1.165) is 13.0 Å². The van der Waals surface area contributed by atoms with E-state index in [1.54, 1.807) is 6.07 Å². The van der Waals surface area contributed by atoms with E-state index in [2.05, 4.69) is 71.7 Å². The molecule has 1 saturated carbocycles. The molecule has 8 heteroatoms. The van der Waals surface area contributed by atoms with Crippen LogP contribution >= 0.6 is 45.2 Å². The fraction of sp³-hybridized carbons (Fsp3) is 0.231. The molecule has 2 N–H and O–H groups in total. The van der Waals surface area contributed by atoms with Crippen molar-refractivity contribution in [3.8, 4) is 0 Å². The van der Waals surface area contributed by atoms with Gasteiger partial charge in [0.05, 0.1) is 11.9 Å². The number of hydrogen-bond acceptors (Lipinski definition) is 5. The first kappa shape index (κ1) is 14.9. The first-order chi connectivity index (χ1) is 10.1. The Balaban J connectivity index is 0.000000143. The van der Waals surface area contributed by atoms with Crippen LogP contribution in [-0.2, 0) is 0 Å². The third kappa shape index (κ3) is 3.99. The van der Waals surface area contributed by atoms with Crippen molar-refractivity contribution < 1.29 is 0 Å². The molecule has 1 aliphatic rings. The maximum Gasteiger partial charge on any atom is 0.153 e. The van der Waals surface area contributed by atoms with E-state index in [-0.39, 0.29) is 0 Å². The quantitative estimate of drug-likeness (QED) is 0.514. The van der Waals surface area contributed by atoms with Gasteiger partial charge in [-0.05, 0) is 82.3 Å². The van der Waals surface area contributed by atoms with E-state index in [4.69, 9.17) is 5.73 Å². The molecule has 4 rings (SSSR count). The minimum absolute atomic E-state index is 0.463. The van der Waals surface area contributed by atoms with Crippen molar-refractivity contribution in [3.63, 3.8) is 0 Å². The SMILES string of the molecule is Ic1ccc2nc(C3CC3)cn2n1.Nc1ccc(I)nn1. The summed E-state index contributed by atoms with van der Waals surface area (Å²) in [5, 5.41) is 11.6. The van der Waals surface area contributed by atoms with Gasteiger partial charge in [0, 0.05) is 5.92 Å². The summed E-state index contributed by atoms with van der Waals surface area (Å²) in [6.07, 6.45) is 4.64. The highest BCUT2D eigenvalue weighted by atomic mass is 127. The van der Waals surface area contributed by atoms with E-state index in [9.17, 15) is 0 Å². The molecule has 0 saturated heterocycles. The third-order valence-corrected chi connectivity index (χ3v) is 4.11. The van der Waals surface area contributed by atoms with Crippen molar-refractivity contribution in [2.75, 3.05) is 5.73 Å². The smallest absolute Gasteiger partial charge is 0.153 e. The maximum absolute atomic E-state index is 5.25. The Kier molecular flexibility index (Phi) is 4.52. The number of hydrogen-bond donors (Lipinski definition) is 1. The van der Waals surface area contributed by atoms with Gasteiger partial charge in [-0.3, -0.25) is 0 Å². The number of fused-ring (bicyclic) bond motifs is 1. The minimum Gasteiger partial charge on any atom is -0.382 e. The van der Waals surface area contributed by atoms with Crippen LogP contribution in [0.3, 0.4) is 0 Å². The van der Waals surface area contributed by atoms with Crippen LogP contribution in [0, 0.1) is 7.40 Å². The monoisotopic (exact) mass is 506 g/mol. The molecule has 0 bridgehead atoms. The van der Waals surface area contributed by atoms with E-state index in [1.807, 2.05) is 22.7 Å². The van der Waals surface area contributed by atoms with Crippen molar-refractivity contribution in [1.82, 2.24) is 24.8 Å². The van der Waals surface area contributed by atoms with E-state index < -0.39 is 0 Å². The van der Waals surface area contributed by atoms with E-state index in [1.165, 1.54) is 18.5 Å². The summed E-state index contributed by atoms with van der Waals surface area (Å²) in [6.45, 7) is 0. The van der Waals surface area contributed by atoms with Crippen LogP contribution in [0.15, 0.2) is 30.5 Å². The highest BCUT2D eigenvalue weighted by molar-refractivity contribution is 14.1. The van der Waals surface area contributed by atoms with Gasteiger partial charge in [-0.1, -0.05) is 0 Å². The molecular formula is C13H12I2N6. The fourth-order valence-electron chi connectivity index (χ4n) is 1.78. The zero-order chi connectivity index (χ0) is 14.8. The predicted molar refractivity (Wildman–Crippen MR) is 96.8 cm³/mol. The number of rotatable bonds is 1. The first-order valence-electron chi connectivity index (χ1n) is 6.38. The zero-order valence-corrected chi connectivity index (χ0v) is 15.3. The molecule has 0 aliphatic heterocycles. The van der Waals surface area contributed by atoms with E-state index in [0.29, 0.717) is 11.7 Å². The molecule has 21 heavy (non-hydrogen) atoms. The van der Waals surface area contributed by atoms with Gasteiger partial charge in [-0.2, -0.15) is 5.10 Å². The first-order valence-corrected chi connectivity index (χ1v) is 8.54. The molecule has 0 aromatic carbocycles. The van der Waals surface area contributed by atoms with Crippen LogP contribution in [0.5, 0.6) is 0 Å². The number of aromatic nitrogens is 5. The number of nitrogens with zero attached hydrogens (tertiary/aromatic N) is 5. The molecule has 0 unspecified atom stereocenters. The van der Waals surface area contributed by atoms with Gasteiger partial charge in [-0.25, -0.2) is 9.50 Å². The molecule has 3 heterocycles. The number of nitrogens with two attached hydrogens (primary N) is 1. The molecule has 0 amide bonds. The number of halogens is 2. The summed E-state index contributed by atoms with van der Waals surface area (Å²) >= 11 is 4.28. The lowest BCUT2D eigenvalue weighted by atomic mass is 10.3. The molecule has 6 nitrogen and oxygen atoms in total. The Morgan fingerprint density at radius 1 is 1.05 bits per heavy atom. The molecule has 0 atom stereocenters. The van der Waals surface area contributed by atoms with Gasteiger partial charge in [-0.15, -0.1) is 10.2 Å². The summed E-state index contributed by atoms with van der Waals surface area (Å²) in [7, 11) is 0. The Morgan fingerprint density at radius 2 is 1.81 bits per heavy atom. The van der Waals surface area contributed by atoms with Crippen LogP contribution in [0.25, 0.3) is 5.65 Å². The van der Waals surface area contributed by atoms with Gasteiger partial charge in [0.1, 0.15) is 13.2 Å². The summed E-state index contributed by atoms with van der Waals surface area (Å²) in [6, 6.07) is 7.53. The van der Waals surface area contributed by atoms with Crippen molar-refractivity contribution in [3.05, 3.63) is 43.6 Å². The summed E-state index contributed by atoms with van der Waals surface area (Å²) in [5.74, 6) is 1.17. The standard InChI is InChI=1S/C9H8IN3.C4H4IN3/c10-8-3-4-9-11-7(6-1-2-6)5-13(9)12-8;5-3-1-2-4(6)8-7-3/h3-6H,1-2H2;1-2H,(H2,6,8). The highest BCUT2D eigenvalue weighted by Gasteiger charge is 2.26. The second-order valence-corrected chi connectivity index (χ2v) is 6.89. The lowest BCUT2D eigenvalue weighted by Crippen LogP contribution is -1.92. The largest absolute Gasteiger partial charge is 0.382 e. The lowest BCUT2D eigenvalue weighted by Gasteiger charge is -1.90. The predicted octanol–water partition coefficient (Wildman–Crippen LogP) is 2.87. The third-order valence-electron chi connectivity index (χ3n) is 2.95. The van der Waals surface area contributed by atoms with Gasteiger partial charge < -0.3 is 5.73 Å². The lowest BCUT2D eigenvalue weighted by molar-refractivity contribution is 0.910. The van der Waals surface area contributed by atoms with Crippen molar-refractivity contribution >= 4 is 56.6 Å². The summed E-state index contributed by atoms with van der Waals surface area (Å²) in [5.41, 5.74) is 7.41. The number of nitrogen functional groups attached to an aromatic ring is 1. The molecule has 3 aromatic rings. The van der Waals surface area contributed by atoms with Crippen LogP contribution in [0.4, 0.5) is 5.82 Å². The average Bonchev–Trinajstić information content (AvgIpc) is 3.23. The Bertz CT molecular complexity index is 730. The molecule has 1 fully saturated rings. The molecule has 3 aromatic heterocycles. The molecule has 0 radical (unpaired) electrons. The molecule has 108 valence electrons. The van der Waals surface area contributed by atoms with Crippen LogP contribution in [0.2, 0.25) is 0 Å². The fourth-order valence-corrected chi connectivity index (χ4v) is 2.48. The molecule has 1 aliphatic carbocycles. The Labute approximate surface area is 148 Å². The maximum atomic E-state index is 5.25. The van der Waals surface area contributed by atoms with Crippen LogP contribution in [0.1, 0.15) is 24.5 Å². The van der Waals surface area contributed by atoms with Gasteiger partial charge in [0.2, 0.25) is 0 Å². The van der Waals surface area contributed by atoms with Crippen molar-refractivity contribution in [1.29, 1.82) is 0 Å². The zero-order valence-electron chi connectivity index (χ0n) is 10.9. The van der Waals surface area contributed by atoms with Crippen molar-refractivity contribution in [2.45, 2.75) is 18.8 Å². The van der Waals surface area contributed by atoms with Gasteiger partial charge in [0.25, 0.3) is 0 Å². The second-order valence-electron chi connectivity index (χ2n) is 4.68. The number of imidazole rings is 1. The minimum atomic E-state index is 0.463. The van der Waals surface area contributed by atoms with Gasteiger partial charge >= 0.3 is 0 Å². The van der Waals surface area contributed by atoms with Crippen LogP contribution in [-0.4, -0.2) is 24.8 Å². The van der Waals surface area contributed by atoms with E-state index >= 15 is 0 Å².